The first-order chi connectivity index (χ1) is 7.09. The number of nitrogens with zero attached hydrogens (tertiary/aromatic N) is 1. The number of thioether (sulfide) groups is 1. The van der Waals surface area contributed by atoms with Crippen LogP contribution in [0, 0.1) is 5.92 Å². The predicted molar refractivity (Wildman–Crippen MR) is 64.0 cm³/mol. The SMILES string of the molecule is C[C@@H](O)CN(C)C(=O)CC1CCSCC1. The monoisotopic (exact) mass is 231 g/mol. The smallest absolute Gasteiger partial charge is 0.222 e. The van der Waals surface area contributed by atoms with Gasteiger partial charge in [-0.3, -0.25) is 4.79 Å². The van der Waals surface area contributed by atoms with Crippen molar-refractivity contribution in [2.45, 2.75) is 32.3 Å². The molecule has 88 valence electrons. The van der Waals surface area contributed by atoms with Crippen molar-refractivity contribution in [3.63, 3.8) is 0 Å². The minimum atomic E-state index is -0.430. The van der Waals surface area contributed by atoms with E-state index in [-0.39, 0.29) is 5.91 Å². The van der Waals surface area contributed by atoms with Crippen LogP contribution in [0.15, 0.2) is 0 Å². The van der Waals surface area contributed by atoms with Gasteiger partial charge in [-0.25, -0.2) is 0 Å². The van der Waals surface area contributed by atoms with Gasteiger partial charge in [-0.2, -0.15) is 11.8 Å². The van der Waals surface area contributed by atoms with Gasteiger partial charge in [-0.15, -0.1) is 0 Å². The fourth-order valence-electron chi connectivity index (χ4n) is 1.85. The van der Waals surface area contributed by atoms with Gasteiger partial charge in [0, 0.05) is 20.0 Å². The van der Waals surface area contributed by atoms with Gasteiger partial charge in [0.2, 0.25) is 5.91 Å². The van der Waals surface area contributed by atoms with E-state index in [0.717, 1.165) is 0 Å². The summed E-state index contributed by atoms with van der Waals surface area (Å²) in [6, 6.07) is 0. The molecule has 0 aliphatic carbocycles. The van der Waals surface area contributed by atoms with Crippen molar-refractivity contribution in [1.82, 2.24) is 4.90 Å². The molecule has 0 aromatic carbocycles. The molecule has 0 aromatic rings. The maximum atomic E-state index is 11.8. The average molecular weight is 231 g/mol. The lowest BCUT2D eigenvalue weighted by Gasteiger charge is -2.24. The molecule has 3 nitrogen and oxygen atoms in total. The zero-order chi connectivity index (χ0) is 11.3. The molecular weight excluding hydrogens is 210 g/mol. The van der Waals surface area contributed by atoms with Crippen molar-refractivity contribution in [1.29, 1.82) is 0 Å². The minimum Gasteiger partial charge on any atom is -0.392 e. The number of carbonyl (C=O) groups excluding carboxylic acids is 1. The zero-order valence-electron chi connectivity index (χ0n) is 9.61. The summed E-state index contributed by atoms with van der Waals surface area (Å²) in [5, 5.41) is 9.18. The van der Waals surface area contributed by atoms with Crippen LogP contribution < -0.4 is 0 Å². The largest absolute Gasteiger partial charge is 0.392 e. The second-order valence-electron chi connectivity index (χ2n) is 4.38. The number of carbonyl (C=O) groups is 1. The number of aliphatic hydroxyl groups is 1. The van der Waals surface area contributed by atoms with Crippen LogP contribution in [0.5, 0.6) is 0 Å². The van der Waals surface area contributed by atoms with Gasteiger partial charge in [0.05, 0.1) is 6.10 Å². The summed E-state index contributed by atoms with van der Waals surface area (Å²) < 4.78 is 0. The summed E-state index contributed by atoms with van der Waals surface area (Å²) in [7, 11) is 1.77. The fourth-order valence-corrected chi connectivity index (χ4v) is 3.06. The van der Waals surface area contributed by atoms with Crippen LogP contribution in [0.1, 0.15) is 26.2 Å². The second-order valence-corrected chi connectivity index (χ2v) is 5.61. The fraction of sp³-hybridized carbons (Fsp3) is 0.909. The molecule has 1 heterocycles. The van der Waals surface area contributed by atoms with Gasteiger partial charge < -0.3 is 10.0 Å². The highest BCUT2D eigenvalue weighted by Crippen LogP contribution is 2.25. The maximum Gasteiger partial charge on any atom is 0.222 e. The average Bonchev–Trinajstić information content (AvgIpc) is 2.18. The summed E-state index contributed by atoms with van der Waals surface area (Å²) in [6.07, 6.45) is 2.56. The first kappa shape index (κ1) is 12.8. The van der Waals surface area contributed by atoms with E-state index in [4.69, 9.17) is 0 Å². The lowest BCUT2D eigenvalue weighted by atomic mass is 9.98. The highest BCUT2D eigenvalue weighted by atomic mass is 32.2. The Bertz CT molecular complexity index is 203. The summed E-state index contributed by atoms with van der Waals surface area (Å²) in [4.78, 5) is 13.4. The third-order valence-electron chi connectivity index (χ3n) is 2.77. The number of hydrogen-bond donors (Lipinski definition) is 1. The topological polar surface area (TPSA) is 40.5 Å². The van der Waals surface area contributed by atoms with E-state index in [0.29, 0.717) is 18.9 Å². The molecule has 1 amide bonds. The third-order valence-corrected chi connectivity index (χ3v) is 3.82. The molecule has 1 fully saturated rings. The number of likely N-dealkylation sites (N-methyl/N-ethyl adjacent to an activating group) is 1. The van der Waals surface area contributed by atoms with Crippen LogP contribution in [-0.4, -0.2) is 47.1 Å². The van der Waals surface area contributed by atoms with Gasteiger partial charge in [0.15, 0.2) is 0 Å². The van der Waals surface area contributed by atoms with Gasteiger partial charge in [0.25, 0.3) is 0 Å². The molecule has 0 unspecified atom stereocenters. The van der Waals surface area contributed by atoms with E-state index in [1.54, 1.807) is 18.9 Å². The Balaban J connectivity index is 2.27. The molecule has 1 atom stereocenters. The van der Waals surface area contributed by atoms with E-state index >= 15 is 0 Å². The van der Waals surface area contributed by atoms with Crippen molar-refractivity contribution in [2.75, 3.05) is 25.1 Å². The highest BCUT2D eigenvalue weighted by molar-refractivity contribution is 7.99. The van der Waals surface area contributed by atoms with E-state index in [1.807, 2.05) is 11.8 Å². The molecule has 1 rings (SSSR count). The van der Waals surface area contributed by atoms with Crippen LogP contribution in [-0.2, 0) is 4.79 Å². The van der Waals surface area contributed by atoms with Gasteiger partial charge in [-0.05, 0) is 37.2 Å². The number of aliphatic hydroxyl groups excluding tert-OH is 1. The Morgan fingerprint density at radius 1 is 1.53 bits per heavy atom. The molecule has 1 aliphatic rings. The van der Waals surface area contributed by atoms with Crippen LogP contribution in [0.4, 0.5) is 0 Å². The minimum absolute atomic E-state index is 0.174. The van der Waals surface area contributed by atoms with Crippen LogP contribution in [0.3, 0.4) is 0 Å². The predicted octanol–water partition coefficient (Wildman–Crippen LogP) is 1.36. The van der Waals surface area contributed by atoms with Crippen molar-refractivity contribution in [3.8, 4) is 0 Å². The van der Waals surface area contributed by atoms with Crippen molar-refractivity contribution >= 4 is 17.7 Å². The number of rotatable bonds is 4. The molecule has 1 saturated heterocycles. The van der Waals surface area contributed by atoms with Crippen LogP contribution in [0.2, 0.25) is 0 Å². The molecule has 15 heavy (non-hydrogen) atoms. The summed E-state index contributed by atoms with van der Waals surface area (Å²) in [5.74, 6) is 3.12. The quantitative estimate of drug-likeness (QED) is 0.794. The lowest BCUT2D eigenvalue weighted by Crippen LogP contribution is -2.34. The lowest BCUT2D eigenvalue weighted by molar-refractivity contribution is -0.132. The number of hydrogen-bond acceptors (Lipinski definition) is 3. The molecule has 0 bridgehead atoms. The van der Waals surface area contributed by atoms with Gasteiger partial charge in [0.1, 0.15) is 0 Å². The van der Waals surface area contributed by atoms with E-state index in [9.17, 15) is 9.90 Å². The Morgan fingerprint density at radius 2 is 2.13 bits per heavy atom. The zero-order valence-corrected chi connectivity index (χ0v) is 10.4. The summed E-state index contributed by atoms with van der Waals surface area (Å²) in [6.45, 7) is 2.15. The molecule has 0 spiro atoms. The molecule has 4 heteroatoms. The number of amides is 1. The van der Waals surface area contributed by atoms with Crippen molar-refractivity contribution < 1.29 is 9.90 Å². The van der Waals surface area contributed by atoms with E-state index in [2.05, 4.69) is 0 Å². The molecule has 1 N–H and O–H groups in total. The highest BCUT2D eigenvalue weighted by Gasteiger charge is 2.19. The Labute approximate surface area is 96.2 Å². The second kappa shape index (κ2) is 6.38. The maximum absolute atomic E-state index is 11.8. The normalized spacial score (nSPS) is 19.9. The molecule has 0 aromatic heterocycles. The van der Waals surface area contributed by atoms with Gasteiger partial charge in [-0.1, -0.05) is 0 Å². The van der Waals surface area contributed by atoms with Crippen molar-refractivity contribution in [2.24, 2.45) is 5.92 Å². The Hall–Kier alpha value is -0.220. The van der Waals surface area contributed by atoms with Crippen molar-refractivity contribution in [3.05, 3.63) is 0 Å². The molecule has 1 aliphatic heterocycles. The van der Waals surface area contributed by atoms with Gasteiger partial charge >= 0.3 is 0 Å². The Kier molecular flexibility index (Phi) is 5.47. The van der Waals surface area contributed by atoms with E-state index < -0.39 is 6.10 Å². The van der Waals surface area contributed by atoms with Crippen LogP contribution >= 0.6 is 11.8 Å². The third kappa shape index (κ3) is 4.89. The van der Waals surface area contributed by atoms with Crippen LogP contribution in [0.25, 0.3) is 0 Å². The molecular formula is C11H21NO2S. The first-order valence-corrected chi connectivity index (χ1v) is 6.75. The molecule has 0 saturated carbocycles. The summed E-state index contributed by atoms with van der Waals surface area (Å²) in [5.41, 5.74) is 0. The first-order valence-electron chi connectivity index (χ1n) is 5.59. The Morgan fingerprint density at radius 3 is 2.67 bits per heavy atom. The van der Waals surface area contributed by atoms with E-state index in [1.165, 1.54) is 24.3 Å². The standard InChI is InChI=1S/C11H21NO2S/c1-9(13)8-12(2)11(14)7-10-3-5-15-6-4-10/h9-10,13H,3-8H2,1-2H3/t9-/m1/s1. The molecule has 0 radical (unpaired) electrons. The summed E-state index contributed by atoms with van der Waals surface area (Å²) >= 11 is 1.98.